The first-order valence-corrected chi connectivity index (χ1v) is 21.0. The second kappa shape index (κ2) is 11.9. The maximum Gasteiger partial charge on any atom is 0.0540 e. The molecule has 13 rings (SSSR count). The van der Waals surface area contributed by atoms with Crippen molar-refractivity contribution < 1.29 is 0 Å². The Morgan fingerprint density at radius 1 is 0.411 bits per heavy atom. The third-order valence-electron chi connectivity index (χ3n) is 15.0. The van der Waals surface area contributed by atoms with Crippen LogP contribution >= 0.6 is 0 Å². The molecule has 0 radical (unpaired) electrons. The molecule has 0 aromatic heterocycles. The van der Waals surface area contributed by atoms with Crippen molar-refractivity contribution >= 4 is 17.1 Å². The van der Waals surface area contributed by atoms with E-state index in [1.807, 2.05) is 0 Å². The van der Waals surface area contributed by atoms with Crippen molar-refractivity contribution in [1.29, 1.82) is 0 Å². The minimum atomic E-state index is -0.0971. The predicted molar refractivity (Wildman–Crippen MR) is 233 cm³/mol. The van der Waals surface area contributed by atoms with Crippen LogP contribution in [0, 0.1) is 23.7 Å². The Balaban J connectivity index is 1.07. The Labute approximate surface area is 331 Å². The van der Waals surface area contributed by atoms with E-state index < -0.39 is 0 Å². The molecule has 0 unspecified atom stereocenters. The summed E-state index contributed by atoms with van der Waals surface area (Å²) in [6.45, 7) is 4.80. The number of para-hydroxylation sites is 1. The van der Waals surface area contributed by atoms with Crippen LogP contribution in [-0.2, 0) is 10.8 Å². The Hall–Kier alpha value is -5.66. The molecule has 7 aromatic carbocycles. The second-order valence-electron chi connectivity index (χ2n) is 18.1. The molecule has 0 N–H and O–H groups in total. The summed E-state index contributed by atoms with van der Waals surface area (Å²) in [4.78, 5) is 2.57. The number of benzene rings is 7. The van der Waals surface area contributed by atoms with Crippen LogP contribution in [0.5, 0.6) is 0 Å². The minimum absolute atomic E-state index is 0.0971. The Bertz CT molecular complexity index is 2670. The van der Waals surface area contributed by atoms with Crippen LogP contribution < -0.4 is 4.90 Å². The van der Waals surface area contributed by atoms with Gasteiger partial charge in [-0.05, 0) is 147 Å². The molecule has 1 nitrogen and oxygen atoms in total. The zero-order valence-electron chi connectivity index (χ0n) is 32.4. The van der Waals surface area contributed by atoms with Gasteiger partial charge in [-0.25, -0.2) is 0 Å². The fourth-order valence-corrected chi connectivity index (χ4v) is 13.1. The van der Waals surface area contributed by atoms with Crippen LogP contribution in [0.3, 0.4) is 0 Å². The number of nitrogens with zero attached hydrogens (tertiary/aromatic N) is 1. The van der Waals surface area contributed by atoms with Gasteiger partial charge in [-0.1, -0.05) is 147 Å². The molecule has 6 aliphatic rings. The molecule has 4 bridgehead atoms. The third-order valence-corrected chi connectivity index (χ3v) is 15.0. The summed E-state index contributed by atoms with van der Waals surface area (Å²) in [5.41, 5.74) is 20.4. The fraction of sp³-hybridized carbons (Fsp3) is 0.236. The summed E-state index contributed by atoms with van der Waals surface area (Å²) < 4.78 is 0. The number of fused-ring (bicyclic) bond motifs is 6. The zero-order chi connectivity index (χ0) is 37.2. The summed E-state index contributed by atoms with van der Waals surface area (Å²) in [7, 11) is 0. The average Bonchev–Trinajstić information content (AvgIpc) is 3.66. The first kappa shape index (κ1) is 32.6. The van der Waals surface area contributed by atoms with Gasteiger partial charge < -0.3 is 4.90 Å². The van der Waals surface area contributed by atoms with Gasteiger partial charge in [0.05, 0.1) is 5.69 Å². The molecule has 6 aliphatic carbocycles. The SMILES string of the molecule is CC1(C)c2ccccc2-c2cccc(-c3cccc(N(c4ccc5c(c4)C4(c6ccccc6-5)C5CC6CC(C5)CC4C6)c4ccccc4-c4ccccc4)c3)c21. The van der Waals surface area contributed by atoms with E-state index in [4.69, 9.17) is 0 Å². The minimum Gasteiger partial charge on any atom is -0.310 e. The van der Waals surface area contributed by atoms with Gasteiger partial charge in [-0.3, -0.25) is 0 Å². The molecule has 1 heteroatoms. The quantitative estimate of drug-likeness (QED) is 0.171. The van der Waals surface area contributed by atoms with Gasteiger partial charge in [0.15, 0.2) is 0 Å². The van der Waals surface area contributed by atoms with E-state index in [0.29, 0.717) is 0 Å². The molecule has 7 aromatic rings. The lowest BCUT2D eigenvalue weighted by Crippen LogP contribution is -2.55. The topological polar surface area (TPSA) is 3.24 Å². The van der Waals surface area contributed by atoms with Gasteiger partial charge in [0, 0.05) is 27.8 Å². The Kier molecular flexibility index (Phi) is 6.93. The maximum atomic E-state index is 2.64. The van der Waals surface area contributed by atoms with Crippen LogP contribution in [0.15, 0.2) is 164 Å². The third kappa shape index (κ3) is 4.43. The second-order valence-corrected chi connectivity index (χ2v) is 18.1. The van der Waals surface area contributed by atoms with E-state index in [9.17, 15) is 0 Å². The molecule has 4 fully saturated rings. The summed E-state index contributed by atoms with van der Waals surface area (Å²) in [6, 6.07) is 62.3. The summed E-state index contributed by atoms with van der Waals surface area (Å²) in [5, 5.41) is 0. The van der Waals surface area contributed by atoms with E-state index in [0.717, 1.165) is 23.7 Å². The Morgan fingerprint density at radius 2 is 0.964 bits per heavy atom. The Morgan fingerprint density at radius 3 is 1.73 bits per heavy atom. The molecule has 1 spiro atoms. The fourth-order valence-electron chi connectivity index (χ4n) is 13.1. The monoisotopic (exact) mass is 721 g/mol. The van der Waals surface area contributed by atoms with Crippen LogP contribution in [0.4, 0.5) is 17.1 Å². The van der Waals surface area contributed by atoms with Crippen molar-refractivity contribution in [2.75, 3.05) is 4.90 Å². The van der Waals surface area contributed by atoms with E-state index in [2.05, 4.69) is 183 Å². The lowest BCUT2D eigenvalue weighted by Gasteiger charge is -2.61. The molecule has 0 saturated heterocycles. The predicted octanol–water partition coefficient (Wildman–Crippen LogP) is 14.5. The molecule has 0 aliphatic heterocycles. The highest BCUT2D eigenvalue weighted by Gasteiger charge is 2.61. The van der Waals surface area contributed by atoms with Crippen molar-refractivity contribution in [2.24, 2.45) is 23.7 Å². The zero-order valence-corrected chi connectivity index (χ0v) is 32.4. The smallest absolute Gasteiger partial charge is 0.0540 e. The van der Waals surface area contributed by atoms with Gasteiger partial charge >= 0.3 is 0 Å². The standard InChI is InChI=1S/C55H47N/c1-54(2)49-23-9-6-20-46(49)48-22-13-21-44(53(48)54)38-16-12-17-41(33-38)56(52-25-11-8-18-43(52)37-14-4-3-5-15-37)42-26-27-47-45-19-7-10-24-50(45)55(51(47)34-42)39-29-35-28-36(31-39)32-40(55)30-35/h3-27,33-36,39-40H,28-32H2,1-2H3. The lowest BCUT2D eigenvalue weighted by atomic mass is 9.43. The van der Waals surface area contributed by atoms with E-state index in [-0.39, 0.29) is 10.8 Å². The van der Waals surface area contributed by atoms with Gasteiger partial charge in [-0.2, -0.15) is 0 Å². The maximum absolute atomic E-state index is 2.64. The number of anilines is 3. The van der Waals surface area contributed by atoms with Crippen LogP contribution in [0.1, 0.15) is 68.2 Å². The number of rotatable bonds is 5. The van der Waals surface area contributed by atoms with E-state index in [1.165, 1.54) is 105 Å². The normalized spacial score (nSPS) is 24.1. The summed E-state index contributed by atoms with van der Waals surface area (Å²) >= 11 is 0. The molecule has 0 atom stereocenters. The van der Waals surface area contributed by atoms with E-state index >= 15 is 0 Å². The van der Waals surface area contributed by atoms with Gasteiger partial charge in [-0.15, -0.1) is 0 Å². The lowest BCUT2D eigenvalue weighted by molar-refractivity contribution is -0.0399. The molecule has 56 heavy (non-hydrogen) atoms. The van der Waals surface area contributed by atoms with Gasteiger partial charge in [0.2, 0.25) is 0 Å². The molecule has 0 amide bonds. The van der Waals surface area contributed by atoms with Gasteiger partial charge in [0.25, 0.3) is 0 Å². The molecular formula is C55H47N. The van der Waals surface area contributed by atoms with Crippen molar-refractivity contribution in [2.45, 2.75) is 56.8 Å². The first-order chi connectivity index (χ1) is 27.5. The van der Waals surface area contributed by atoms with Crippen LogP contribution in [0.25, 0.3) is 44.5 Å². The largest absolute Gasteiger partial charge is 0.310 e. The van der Waals surface area contributed by atoms with Crippen molar-refractivity contribution in [3.63, 3.8) is 0 Å². The van der Waals surface area contributed by atoms with Crippen LogP contribution in [-0.4, -0.2) is 0 Å². The molecular weight excluding hydrogens is 675 g/mol. The van der Waals surface area contributed by atoms with E-state index in [1.54, 1.807) is 11.1 Å². The van der Waals surface area contributed by atoms with Crippen LogP contribution in [0.2, 0.25) is 0 Å². The number of hydrogen-bond donors (Lipinski definition) is 0. The summed E-state index contributed by atoms with van der Waals surface area (Å²) in [6.07, 6.45) is 7.00. The van der Waals surface area contributed by atoms with Gasteiger partial charge in [0.1, 0.15) is 0 Å². The van der Waals surface area contributed by atoms with Crippen molar-refractivity contribution in [3.05, 3.63) is 186 Å². The highest BCUT2D eigenvalue weighted by molar-refractivity contribution is 5.93. The summed E-state index contributed by atoms with van der Waals surface area (Å²) in [5.74, 6) is 3.27. The molecule has 0 heterocycles. The van der Waals surface area contributed by atoms with Crippen molar-refractivity contribution in [1.82, 2.24) is 0 Å². The molecule has 4 saturated carbocycles. The number of hydrogen-bond acceptors (Lipinski definition) is 1. The van der Waals surface area contributed by atoms with Crippen molar-refractivity contribution in [3.8, 4) is 44.5 Å². The highest BCUT2D eigenvalue weighted by Crippen LogP contribution is 2.69. The first-order valence-electron chi connectivity index (χ1n) is 21.0. The average molecular weight is 722 g/mol. The molecule has 272 valence electrons. The highest BCUT2D eigenvalue weighted by atomic mass is 15.1.